The lowest BCUT2D eigenvalue weighted by Gasteiger charge is -2.03. The van der Waals surface area contributed by atoms with Crippen LogP contribution in [0.5, 0.6) is 0 Å². The fraction of sp³-hybridized carbons (Fsp3) is 0.857. The quantitative estimate of drug-likeness (QED) is 0.433. The summed E-state index contributed by atoms with van der Waals surface area (Å²) in [7, 11) is 0. The SMILES string of the molecule is CCCCOCC(N)C=O. The Morgan fingerprint density at radius 2 is 2.40 bits per heavy atom. The highest BCUT2D eigenvalue weighted by atomic mass is 16.5. The number of carbonyl (C=O) groups is 1. The first-order valence-electron chi connectivity index (χ1n) is 3.60. The second-order valence-corrected chi connectivity index (χ2v) is 2.23. The van der Waals surface area contributed by atoms with Gasteiger partial charge in [-0.3, -0.25) is 0 Å². The van der Waals surface area contributed by atoms with Gasteiger partial charge >= 0.3 is 0 Å². The topological polar surface area (TPSA) is 52.3 Å². The van der Waals surface area contributed by atoms with E-state index in [9.17, 15) is 4.79 Å². The minimum atomic E-state index is -0.447. The molecular weight excluding hydrogens is 130 g/mol. The maximum Gasteiger partial charge on any atom is 0.139 e. The largest absolute Gasteiger partial charge is 0.379 e. The van der Waals surface area contributed by atoms with Gasteiger partial charge in [-0.15, -0.1) is 0 Å². The minimum absolute atomic E-state index is 0.351. The van der Waals surface area contributed by atoms with Crippen LogP contribution in [-0.2, 0) is 9.53 Å². The number of aldehydes is 1. The molecule has 3 heteroatoms. The molecule has 0 spiro atoms. The lowest BCUT2D eigenvalue weighted by atomic mass is 10.3. The Morgan fingerprint density at radius 1 is 1.70 bits per heavy atom. The Morgan fingerprint density at radius 3 is 2.90 bits per heavy atom. The molecule has 0 aromatic rings. The second-order valence-electron chi connectivity index (χ2n) is 2.23. The smallest absolute Gasteiger partial charge is 0.139 e. The van der Waals surface area contributed by atoms with E-state index in [0.29, 0.717) is 19.5 Å². The van der Waals surface area contributed by atoms with E-state index in [0.717, 1.165) is 12.8 Å². The Kier molecular flexibility index (Phi) is 6.43. The summed E-state index contributed by atoms with van der Waals surface area (Å²) >= 11 is 0. The van der Waals surface area contributed by atoms with Gasteiger partial charge in [0.1, 0.15) is 6.29 Å². The van der Waals surface area contributed by atoms with Gasteiger partial charge in [-0.1, -0.05) is 13.3 Å². The van der Waals surface area contributed by atoms with Crippen molar-refractivity contribution in [2.45, 2.75) is 25.8 Å². The van der Waals surface area contributed by atoms with Gasteiger partial charge in [0.05, 0.1) is 12.6 Å². The van der Waals surface area contributed by atoms with Crippen molar-refractivity contribution in [3.05, 3.63) is 0 Å². The molecule has 0 aromatic heterocycles. The zero-order valence-corrected chi connectivity index (χ0v) is 6.38. The first kappa shape index (κ1) is 9.59. The van der Waals surface area contributed by atoms with Crippen molar-refractivity contribution < 1.29 is 9.53 Å². The number of nitrogens with two attached hydrogens (primary N) is 1. The van der Waals surface area contributed by atoms with Gasteiger partial charge in [0.15, 0.2) is 0 Å². The number of unbranched alkanes of at least 4 members (excludes halogenated alkanes) is 1. The molecule has 0 fully saturated rings. The van der Waals surface area contributed by atoms with Gasteiger partial charge in [0, 0.05) is 6.61 Å². The molecule has 0 aliphatic carbocycles. The molecule has 0 rings (SSSR count). The summed E-state index contributed by atoms with van der Waals surface area (Å²) in [5.41, 5.74) is 5.26. The van der Waals surface area contributed by atoms with E-state index in [4.69, 9.17) is 10.5 Å². The van der Waals surface area contributed by atoms with Crippen LogP contribution in [0.4, 0.5) is 0 Å². The van der Waals surface area contributed by atoms with E-state index >= 15 is 0 Å². The average molecular weight is 145 g/mol. The molecular formula is C7H15NO2. The fourth-order valence-electron chi connectivity index (χ4n) is 0.505. The summed E-state index contributed by atoms with van der Waals surface area (Å²) in [5, 5.41) is 0. The van der Waals surface area contributed by atoms with Gasteiger partial charge in [0.2, 0.25) is 0 Å². The normalized spacial score (nSPS) is 13.0. The van der Waals surface area contributed by atoms with Gasteiger partial charge < -0.3 is 15.3 Å². The molecule has 0 bridgehead atoms. The molecule has 0 heterocycles. The highest BCUT2D eigenvalue weighted by Gasteiger charge is 1.97. The van der Waals surface area contributed by atoms with Crippen molar-refractivity contribution in [2.75, 3.05) is 13.2 Å². The number of hydrogen-bond acceptors (Lipinski definition) is 3. The molecule has 0 saturated heterocycles. The molecule has 0 saturated carbocycles. The minimum Gasteiger partial charge on any atom is -0.379 e. The number of rotatable bonds is 6. The van der Waals surface area contributed by atoms with E-state index in [1.807, 2.05) is 0 Å². The number of carbonyl (C=O) groups excluding carboxylic acids is 1. The van der Waals surface area contributed by atoms with E-state index < -0.39 is 6.04 Å². The third kappa shape index (κ3) is 5.72. The summed E-state index contributed by atoms with van der Waals surface area (Å²) < 4.78 is 5.07. The maximum absolute atomic E-state index is 9.96. The van der Waals surface area contributed by atoms with E-state index in [1.165, 1.54) is 0 Å². The van der Waals surface area contributed by atoms with Crippen molar-refractivity contribution in [3.8, 4) is 0 Å². The maximum atomic E-state index is 9.96. The predicted molar refractivity (Wildman–Crippen MR) is 39.8 cm³/mol. The Hall–Kier alpha value is -0.410. The molecule has 60 valence electrons. The number of ether oxygens (including phenoxy) is 1. The Balaban J connectivity index is 2.95. The average Bonchev–Trinajstić information content (AvgIpc) is 1.98. The summed E-state index contributed by atoms with van der Waals surface area (Å²) in [6.07, 6.45) is 2.84. The van der Waals surface area contributed by atoms with Crippen LogP contribution < -0.4 is 5.73 Å². The lowest BCUT2D eigenvalue weighted by Crippen LogP contribution is -2.27. The highest BCUT2D eigenvalue weighted by Crippen LogP contribution is 1.87. The van der Waals surface area contributed by atoms with Crippen molar-refractivity contribution in [2.24, 2.45) is 5.73 Å². The fourth-order valence-corrected chi connectivity index (χ4v) is 0.505. The van der Waals surface area contributed by atoms with Crippen molar-refractivity contribution in [1.29, 1.82) is 0 Å². The lowest BCUT2D eigenvalue weighted by molar-refractivity contribution is -0.110. The Labute approximate surface area is 61.5 Å². The molecule has 0 aliphatic rings. The standard InChI is InChI=1S/C7H15NO2/c1-2-3-4-10-6-7(8)5-9/h5,7H,2-4,6,8H2,1H3. The van der Waals surface area contributed by atoms with Crippen LogP contribution in [0.1, 0.15) is 19.8 Å². The first-order chi connectivity index (χ1) is 4.81. The molecule has 1 unspecified atom stereocenters. The van der Waals surface area contributed by atoms with Crippen LogP contribution in [0, 0.1) is 0 Å². The zero-order valence-electron chi connectivity index (χ0n) is 6.38. The summed E-state index contributed by atoms with van der Waals surface area (Å²) in [4.78, 5) is 9.96. The third-order valence-electron chi connectivity index (χ3n) is 1.13. The van der Waals surface area contributed by atoms with Crippen molar-refractivity contribution >= 4 is 6.29 Å². The molecule has 10 heavy (non-hydrogen) atoms. The predicted octanol–water partition coefficient (Wildman–Crippen LogP) is 0.329. The van der Waals surface area contributed by atoms with Crippen LogP contribution in [0.25, 0.3) is 0 Å². The number of hydrogen-bond donors (Lipinski definition) is 1. The van der Waals surface area contributed by atoms with E-state index in [-0.39, 0.29) is 0 Å². The van der Waals surface area contributed by atoms with Crippen molar-refractivity contribution in [1.82, 2.24) is 0 Å². The van der Waals surface area contributed by atoms with Gasteiger partial charge in [-0.2, -0.15) is 0 Å². The van der Waals surface area contributed by atoms with Gasteiger partial charge in [-0.25, -0.2) is 0 Å². The van der Waals surface area contributed by atoms with E-state index in [1.54, 1.807) is 0 Å². The summed E-state index contributed by atoms with van der Waals surface area (Å²) in [6, 6.07) is -0.447. The zero-order chi connectivity index (χ0) is 7.82. The molecule has 0 amide bonds. The summed E-state index contributed by atoms with van der Waals surface area (Å²) in [5.74, 6) is 0. The molecule has 0 aliphatic heterocycles. The molecule has 2 N–H and O–H groups in total. The van der Waals surface area contributed by atoms with E-state index in [2.05, 4.69) is 6.92 Å². The van der Waals surface area contributed by atoms with Crippen molar-refractivity contribution in [3.63, 3.8) is 0 Å². The van der Waals surface area contributed by atoms with Crippen LogP contribution >= 0.6 is 0 Å². The van der Waals surface area contributed by atoms with Crippen LogP contribution in [0.15, 0.2) is 0 Å². The molecule has 1 atom stereocenters. The van der Waals surface area contributed by atoms with Crippen LogP contribution in [-0.4, -0.2) is 25.5 Å². The molecule has 0 aromatic carbocycles. The van der Waals surface area contributed by atoms with Gasteiger partial charge in [-0.05, 0) is 6.42 Å². The van der Waals surface area contributed by atoms with Crippen LogP contribution in [0.2, 0.25) is 0 Å². The van der Waals surface area contributed by atoms with Crippen LogP contribution in [0.3, 0.4) is 0 Å². The first-order valence-corrected chi connectivity index (χ1v) is 3.60. The summed E-state index contributed by atoms with van der Waals surface area (Å²) in [6.45, 7) is 3.14. The highest BCUT2D eigenvalue weighted by molar-refractivity contribution is 5.56. The monoisotopic (exact) mass is 145 g/mol. The second kappa shape index (κ2) is 6.71. The Bertz CT molecular complexity index is 85.7. The molecule has 3 nitrogen and oxygen atoms in total. The third-order valence-corrected chi connectivity index (χ3v) is 1.13. The molecule has 0 radical (unpaired) electrons. The van der Waals surface area contributed by atoms with Gasteiger partial charge in [0.25, 0.3) is 0 Å².